The number of H-pyrrole nitrogens is 1. The number of fused-ring (bicyclic) bond motifs is 2. The third-order valence-corrected chi connectivity index (χ3v) is 4.18. The van der Waals surface area contributed by atoms with Crippen LogP contribution < -0.4 is 10.6 Å². The Kier molecular flexibility index (Phi) is 3.34. The molecule has 0 spiro atoms. The van der Waals surface area contributed by atoms with Gasteiger partial charge in [-0.2, -0.15) is 5.10 Å². The molecule has 0 unspecified atom stereocenters. The number of nitrogens with one attached hydrogen (secondary N) is 3. The molecule has 4 heterocycles. The highest BCUT2D eigenvalue weighted by Gasteiger charge is 2.21. The zero-order chi connectivity index (χ0) is 15.8. The van der Waals surface area contributed by atoms with Gasteiger partial charge in [0.1, 0.15) is 5.65 Å². The third kappa shape index (κ3) is 2.49. The zero-order valence-electron chi connectivity index (χ0n) is 12.9. The van der Waals surface area contributed by atoms with E-state index in [-0.39, 0.29) is 5.91 Å². The molecule has 1 aliphatic heterocycles. The highest BCUT2D eigenvalue weighted by Crippen LogP contribution is 2.15. The van der Waals surface area contributed by atoms with Crippen molar-refractivity contribution < 1.29 is 4.79 Å². The van der Waals surface area contributed by atoms with Crippen molar-refractivity contribution in [3.8, 4) is 0 Å². The predicted octanol–water partition coefficient (Wildman–Crippen LogP) is 0.942. The summed E-state index contributed by atoms with van der Waals surface area (Å²) >= 11 is 0. The zero-order valence-corrected chi connectivity index (χ0v) is 12.9. The molecule has 0 saturated carbocycles. The summed E-state index contributed by atoms with van der Waals surface area (Å²) in [5, 5.41) is 13.3. The number of nitrogens with zero attached hydrogens (tertiary/aromatic N) is 3. The Bertz CT molecular complexity index is 878. The first-order chi connectivity index (χ1) is 11.2. The number of aryl methyl sites for hydroxylation is 1. The van der Waals surface area contributed by atoms with Crippen molar-refractivity contribution in [3.05, 3.63) is 52.7 Å². The molecule has 118 valence electrons. The Morgan fingerprint density at radius 1 is 1.48 bits per heavy atom. The molecule has 0 aliphatic carbocycles. The Morgan fingerprint density at radius 2 is 2.39 bits per heavy atom. The molecule has 1 aliphatic rings. The van der Waals surface area contributed by atoms with Crippen molar-refractivity contribution in [2.24, 2.45) is 0 Å². The van der Waals surface area contributed by atoms with Gasteiger partial charge in [0.2, 0.25) is 0 Å². The molecule has 7 heteroatoms. The number of carbonyl (C=O) groups excluding carboxylic acids is 1. The van der Waals surface area contributed by atoms with E-state index in [0.717, 1.165) is 41.1 Å². The topological polar surface area (TPSA) is 87.1 Å². The van der Waals surface area contributed by atoms with E-state index in [1.165, 1.54) is 0 Å². The van der Waals surface area contributed by atoms with E-state index in [2.05, 4.69) is 25.8 Å². The van der Waals surface area contributed by atoms with Gasteiger partial charge < -0.3 is 15.0 Å². The van der Waals surface area contributed by atoms with E-state index in [1.807, 2.05) is 35.9 Å². The largest absolute Gasteiger partial charge is 0.345 e. The lowest BCUT2D eigenvalue weighted by molar-refractivity contribution is 0.0944. The first kappa shape index (κ1) is 14.0. The SMILES string of the molecule is Cc1cccn2cc(CNC(=O)c3n[nH]c4c3CNCC4)nc12. The average Bonchev–Trinajstić information content (AvgIpc) is 3.17. The minimum atomic E-state index is -0.167. The van der Waals surface area contributed by atoms with Gasteiger partial charge in [-0.1, -0.05) is 6.07 Å². The van der Waals surface area contributed by atoms with E-state index in [4.69, 9.17) is 0 Å². The fourth-order valence-electron chi connectivity index (χ4n) is 2.96. The molecule has 1 amide bonds. The Morgan fingerprint density at radius 3 is 3.26 bits per heavy atom. The summed E-state index contributed by atoms with van der Waals surface area (Å²) in [6.07, 6.45) is 4.77. The number of pyridine rings is 1. The van der Waals surface area contributed by atoms with Gasteiger partial charge in [0.15, 0.2) is 5.69 Å². The van der Waals surface area contributed by atoms with Gasteiger partial charge in [-0.25, -0.2) is 4.98 Å². The number of rotatable bonds is 3. The summed E-state index contributed by atoms with van der Waals surface area (Å²) in [6, 6.07) is 4.00. The highest BCUT2D eigenvalue weighted by atomic mass is 16.1. The lowest BCUT2D eigenvalue weighted by atomic mass is 10.1. The van der Waals surface area contributed by atoms with Gasteiger partial charge in [0.05, 0.1) is 12.2 Å². The van der Waals surface area contributed by atoms with Crippen LogP contribution in [0.5, 0.6) is 0 Å². The minimum Gasteiger partial charge on any atom is -0.345 e. The summed E-state index contributed by atoms with van der Waals surface area (Å²) in [4.78, 5) is 16.9. The van der Waals surface area contributed by atoms with E-state index in [1.54, 1.807) is 0 Å². The molecule has 0 bridgehead atoms. The van der Waals surface area contributed by atoms with E-state index >= 15 is 0 Å². The predicted molar refractivity (Wildman–Crippen MR) is 85.1 cm³/mol. The fourth-order valence-corrected chi connectivity index (χ4v) is 2.96. The second-order valence-electron chi connectivity index (χ2n) is 5.79. The lowest BCUT2D eigenvalue weighted by Gasteiger charge is -2.12. The van der Waals surface area contributed by atoms with Crippen LogP contribution in [-0.2, 0) is 19.5 Å². The van der Waals surface area contributed by atoms with Crippen LogP contribution in [0.15, 0.2) is 24.5 Å². The van der Waals surface area contributed by atoms with E-state index in [9.17, 15) is 4.79 Å². The smallest absolute Gasteiger partial charge is 0.272 e. The fraction of sp³-hybridized carbons (Fsp3) is 0.312. The molecular weight excluding hydrogens is 292 g/mol. The standard InChI is InChI=1S/C16H18N6O/c1-10-3-2-6-22-9-11(19-15(10)22)7-18-16(23)14-12-8-17-5-4-13(12)20-21-14/h2-3,6,9,17H,4-5,7-8H2,1H3,(H,18,23)(H,20,21). The summed E-state index contributed by atoms with van der Waals surface area (Å²) in [5.74, 6) is -0.167. The van der Waals surface area contributed by atoms with Crippen LogP contribution in [0.2, 0.25) is 0 Å². The first-order valence-corrected chi connectivity index (χ1v) is 7.70. The number of carbonyl (C=O) groups is 1. The molecule has 0 aromatic carbocycles. The van der Waals surface area contributed by atoms with Gasteiger partial charge in [0.25, 0.3) is 5.91 Å². The quantitative estimate of drug-likeness (QED) is 0.672. The highest BCUT2D eigenvalue weighted by molar-refractivity contribution is 5.93. The molecule has 7 nitrogen and oxygen atoms in total. The van der Waals surface area contributed by atoms with Gasteiger partial charge in [-0.05, 0) is 18.6 Å². The molecule has 3 N–H and O–H groups in total. The Hall–Kier alpha value is -2.67. The van der Waals surface area contributed by atoms with Gasteiger partial charge >= 0.3 is 0 Å². The maximum absolute atomic E-state index is 12.4. The summed E-state index contributed by atoms with van der Waals surface area (Å²) in [5.41, 5.74) is 5.36. The van der Waals surface area contributed by atoms with Crippen molar-refractivity contribution in [3.63, 3.8) is 0 Å². The molecule has 0 saturated heterocycles. The number of imidazole rings is 1. The molecule has 0 radical (unpaired) electrons. The Balaban J connectivity index is 1.50. The third-order valence-electron chi connectivity index (χ3n) is 4.18. The van der Waals surface area contributed by atoms with Crippen LogP contribution in [0.1, 0.15) is 33.0 Å². The minimum absolute atomic E-state index is 0.167. The van der Waals surface area contributed by atoms with Crippen LogP contribution >= 0.6 is 0 Å². The van der Waals surface area contributed by atoms with Crippen molar-refractivity contribution >= 4 is 11.6 Å². The van der Waals surface area contributed by atoms with Gasteiger partial charge in [0, 0.05) is 43.2 Å². The maximum Gasteiger partial charge on any atom is 0.272 e. The first-order valence-electron chi connectivity index (χ1n) is 7.70. The van der Waals surface area contributed by atoms with Gasteiger partial charge in [-0.15, -0.1) is 0 Å². The normalized spacial score (nSPS) is 14.0. The molecular formula is C16H18N6O. The van der Waals surface area contributed by atoms with Crippen LogP contribution in [0.3, 0.4) is 0 Å². The summed E-state index contributed by atoms with van der Waals surface area (Å²) in [6.45, 7) is 4.00. The molecule has 0 atom stereocenters. The van der Waals surface area contributed by atoms with Crippen LogP contribution in [-0.4, -0.2) is 32.0 Å². The van der Waals surface area contributed by atoms with Crippen molar-refractivity contribution in [1.82, 2.24) is 30.2 Å². The van der Waals surface area contributed by atoms with Crippen molar-refractivity contribution in [2.45, 2.75) is 26.4 Å². The monoisotopic (exact) mass is 310 g/mol. The van der Waals surface area contributed by atoms with E-state index in [0.29, 0.717) is 18.8 Å². The lowest BCUT2D eigenvalue weighted by Crippen LogP contribution is -2.28. The number of aromatic amines is 1. The number of amides is 1. The maximum atomic E-state index is 12.4. The molecule has 3 aromatic heterocycles. The Labute approximate surface area is 133 Å². The average molecular weight is 310 g/mol. The van der Waals surface area contributed by atoms with Gasteiger partial charge in [-0.3, -0.25) is 9.89 Å². The summed E-state index contributed by atoms with van der Waals surface area (Å²) in [7, 11) is 0. The van der Waals surface area contributed by atoms with E-state index < -0.39 is 0 Å². The second-order valence-corrected chi connectivity index (χ2v) is 5.79. The second kappa shape index (κ2) is 5.51. The van der Waals surface area contributed by atoms with Crippen LogP contribution in [0.4, 0.5) is 0 Å². The van der Waals surface area contributed by atoms with Crippen LogP contribution in [0, 0.1) is 6.92 Å². The molecule has 23 heavy (non-hydrogen) atoms. The molecule has 4 rings (SSSR count). The molecule has 3 aromatic rings. The van der Waals surface area contributed by atoms with Crippen molar-refractivity contribution in [2.75, 3.05) is 6.54 Å². The number of hydrogen-bond donors (Lipinski definition) is 3. The number of hydrogen-bond acceptors (Lipinski definition) is 4. The summed E-state index contributed by atoms with van der Waals surface area (Å²) < 4.78 is 1.97. The molecule has 0 fully saturated rings. The van der Waals surface area contributed by atoms with Crippen molar-refractivity contribution in [1.29, 1.82) is 0 Å². The number of aromatic nitrogens is 4. The van der Waals surface area contributed by atoms with Crippen LogP contribution in [0.25, 0.3) is 5.65 Å².